The molecule has 1 heterocycles. The Morgan fingerprint density at radius 3 is 1.74 bits per heavy atom. The maximum Gasteiger partial charge on any atom is 0.306 e. The first-order valence-electron chi connectivity index (χ1n) is 20.9. The van der Waals surface area contributed by atoms with Crippen molar-refractivity contribution >= 4 is 5.97 Å². The van der Waals surface area contributed by atoms with Gasteiger partial charge in [-0.15, -0.1) is 0 Å². The predicted molar refractivity (Wildman–Crippen MR) is 214 cm³/mol. The molecule has 306 valence electrons. The Morgan fingerprint density at radius 1 is 0.623 bits per heavy atom. The van der Waals surface area contributed by atoms with Crippen molar-refractivity contribution in [3.63, 3.8) is 0 Å². The summed E-state index contributed by atoms with van der Waals surface area (Å²) in [7, 11) is 0. The van der Waals surface area contributed by atoms with Crippen molar-refractivity contribution < 1.29 is 44.2 Å². The van der Waals surface area contributed by atoms with Gasteiger partial charge in [0.2, 0.25) is 0 Å². The Kier molecular flexibility index (Phi) is 32.8. The Balaban J connectivity index is 2.33. The molecule has 53 heavy (non-hydrogen) atoms. The van der Waals surface area contributed by atoms with Crippen LogP contribution in [0.1, 0.15) is 149 Å². The van der Waals surface area contributed by atoms with E-state index >= 15 is 0 Å². The molecule has 6 atom stereocenters. The van der Waals surface area contributed by atoms with E-state index in [1.54, 1.807) is 0 Å². The van der Waals surface area contributed by atoms with E-state index < -0.39 is 43.4 Å². The van der Waals surface area contributed by atoms with Crippen LogP contribution in [0.4, 0.5) is 0 Å². The molecule has 6 unspecified atom stereocenters. The molecule has 0 aromatic carbocycles. The predicted octanol–water partition coefficient (Wildman–Crippen LogP) is 8.74. The molecule has 1 fully saturated rings. The Labute approximate surface area is 322 Å². The zero-order valence-electron chi connectivity index (χ0n) is 33.2. The number of ether oxygens (including phenoxy) is 4. The van der Waals surface area contributed by atoms with Crippen molar-refractivity contribution in [2.24, 2.45) is 0 Å². The highest BCUT2D eigenvalue weighted by Crippen LogP contribution is 2.22. The standard InChI is InChI=1S/C44H76O9/c1-3-5-7-9-11-13-15-17-19-21-23-25-27-29-31-33-40(46)52-38(37-51-44-43(49)42(48)41(47)39(35-45)53-44)36-50-34-32-30-28-26-24-22-20-18-16-14-12-10-8-6-4-2/h5,7,10-13,16-19,38-39,41-45,47-49H,3-4,6,8-9,14-15,20-37H2,1-2H3/b7-5-,12-10-,13-11-,18-16-,19-17-. The zero-order valence-corrected chi connectivity index (χ0v) is 33.2. The second kappa shape index (κ2) is 35.6. The first-order valence-corrected chi connectivity index (χ1v) is 20.9. The van der Waals surface area contributed by atoms with Gasteiger partial charge in [-0.3, -0.25) is 4.79 Å². The molecule has 1 saturated heterocycles. The maximum absolute atomic E-state index is 12.7. The van der Waals surface area contributed by atoms with Gasteiger partial charge >= 0.3 is 5.97 Å². The lowest BCUT2D eigenvalue weighted by Gasteiger charge is -2.39. The van der Waals surface area contributed by atoms with Crippen LogP contribution >= 0.6 is 0 Å². The molecule has 4 N–H and O–H groups in total. The minimum absolute atomic E-state index is 0.127. The van der Waals surface area contributed by atoms with E-state index in [0.29, 0.717) is 13.0 Å². The quantitative estimate of drug-likeness (QED) is 0.0290. The lowest BCUT2D eigenvalue weighted by atomic mass is 9.99. The SMILES string of the molecule is CC/C=C\C/C=C\C/C=C\CCCCCCCC(=O)OC(COCCCCCCCC/C=C\C/C=C\CCCC)COC1OC(CO)C(O)C(O)C1O. The number of hydrogen-bond acceptors (Lipinski definition) is 9. The van der Waals surface area contributed by atoms with Gasteiger partial charge in [0.25, 0.3) is 0 Å². The Bertz CT molecular complexity index is 989. The van der Waals surface area contributed by atoms with E-state index in [2.05, 4.69) is 74.6 Å². The molecule has 0 amide bonds. The molecule has 0 radical (unpaired) electrons. The Morgan fingerprint density at radius 2 is 1.15 bits per heavy atom. The second-order valence-corrected chi connectivity index (χ2v) is 14.0. The molecule has 9 nitrogen and oxygen atoms in total. The lowest BCUT2D eigenvalue weighted by molar-refractivity contribution is -0.305. The van der Waals surface area contributed by atoms with Gasteiger partial charge in [0, 0.05) is 13.0 Å². The van der Waals surface area contributed by atoms with Gasteiger partial charge in [0.1, 0.15) is 30.5 Å². The van der Waals surface area contributed by atoms with Gasteiger partial charge in [-0.25, -0.2) is 0 Å². The van der Waals surface area contributed by atoms with E-state index in [0.717, 1.165) is 89.9 Å². The maximum atomic E-state index is 12.7. The van der Waals surface area contributed by atoms with Gasteiger partial charge in [0.05, 0.1) is 19.8 Å². The van der Waals surface area contributed by atoms with E-state index in [4.69, 9.17) is 18.9 Å². The third-order valence-electron chi connectivity index (χ3n) is 9.17. The Hall–Kier alpha value is -2.11. The van der Waals surface area contributed by atoms with Crippen LogP contribution in [-0.4, -0.2) is 89.6 Å². The molecule has 1 rings (SSSR count). The molecule has 1 aliphatic heterocycles. The summed E-state index contributed by atoms with van der Waals surface area (Å²) in [6.45, 7) is 4.34. The van der Waals surface area contributed by atoms with Crippen molar-refractivity contribution in [3.05, 3.63) is 60.8 Å². The average molecular weight is 749 g/mol. The van der Waals surface area contributed by atoms with Crippen molar-refractivity contribution in [1.29, 1.82) is 0 Å². The van der Waals surface area contributed by atoms with Crippen molar-refractivity contribution in [1.82, 2.24) is 0 Å². The van der Waals surface area contributed by atoms with Crippen molar-refractivity contribution in [2.75, 3.05) is 26.4 Å². The molecular formula is C44H76O9. The summed E-state index contributed by atoms with van der Waals surface area (Å²) in [6, 6.07) is 0. The number of esters is 1. The summed E-state index contributed by atoms with van der Waals surface area (Å²) in [4.78, 5) is 12.7. The molecule has 0 aliphatic carbocycles. The molecule has 0 aromatic heterocycles. The summed E-state index contributed by atoms with van der Waals surface area (Å²) >= 11 is 0. The fourth-order valence-electron chi connectivity index (χ4n) is 5.87. The largest absolute Gasteiger partial charge is 0.457 e. The lowest BCUT2D eigenvalue weighted by Crippen LogP contribution is -2.59. The van der Waals surface area contributed by atoms with Crippen LogP contribution in [0.25, 0.3) is 0 Å². The number of aliphatic hydroxyl groups is 4. The van der Waals surface area contributed by atoms with Crippen LogP contribution in [-0.2, 0) is 23.7 Å². The molecule has 0 aromatic rings. The highest BCUT2D eigenvalue weighted by molar-refractivity contribution is 5.69. The van der Waals surface area contributed by atoms with Gasteiger partial charge in [-0.1, -0.05) is 132 Å². The topological polar surface area (TPSA) is 135 Å². The summed E-state index contributed by atoms with van der Waals surface area (Å²) in [5.41, 5.74) is 0. The van der Waals surface area contributed by atoms with Crippen molar-refractivity contribution in [3.8, 4) is 0 Å². The average Bonchev–Trinajstić information content (AvgIpc) is 3.16. The fourth-order valence-corrected chi connectivity index (χ4v) is 5.87. The number of unbranched alkanes of at least 4 members (excludes halogenated alkanes) is 13. The monoisotopic (exact) mass is 749 g/mol. The van der Waals surface area contributed by atoms with Crippen LogP contribution in [0.3, 0.4) is 0 Å². The minimum Gasteiger partial charge on any atom is -0.457 e. The summed E-state index contributed by atoms with van der Waals surface area (Å²) in [5, 5.41) is 40.0. The highest BCUT2D eigenvalue weighted by atomic mass is 16.7. The van der Waals surface area contributed by atoms with Crippen LogP contribution in [0.15, 0.2) is 60.8 Å². The number of rotatable bonds is 34. The number of carbonyl (C=O) groups is 1. The van der Waals surface area contributed by atoms with E-state index in [1.807, 2.05) is 0 Å². The van der Waals surface area contributed by atoms with E-state index in [1.165, 1.54) is 38.5 Å². The highest BCUT2D eigenvalue weighted by Gasteiger charge is 2.44. The van der Waals surface area contributed by atoms with Gasteiger partial charge in [-0.2, -0.15) is 0 Å². The third kappa shape index (κ3) is 27.2. The number of hydrogen-bond donors (Lipinski definition) is 4. The first-order chi connectivity index (χ1) is 25.9. The fraction of sp³-hybridized carbons (Fsp3) is 0.750. The summed E-state index contributed by atoms with van der Waals surface area (Å²) < 4.78 is 22.7. The molecule has 9 heteroatoms. The molecular weight excluding hydrogens is 672 g/mol. The second-order valence-electron chi connectivity index (χ2n) is 14.0. The van der Waals surface area contributed by atoms with Gasteiger partial charge < -0.3 is 39.4 Å². The summed E-state index contributed by atoms with van der Waals surface area (Å²) in [6.07, 6.45) is 36.7. The van der Waals surface area contributed by atoms with Crippen molar-refractivity contribution in [2.45, 2.75) is 185 Å². The first kappa shape index (κ1) is 48.9. The molecule has 0 spiro atoms. The van der Waals surface area contributed by atoms with Crippen LogP contribution < -0.4 is 0 Å². The van der Waals surface area contributed by atoms with Gasteiger partial charge in [0.15, 0.2) is 6.29 Å². The summed E-state index contributed by atoms with van der Waals surface area (Å²) in [5.74, 6) is -0.338. The van der Waals surface area contributed by atoms with Crippen LogP contribution in [0, 0.1) is 0 Å². The van der Waals surface area contributed by atoms with Crippen LogP contribution in [0.2, 0.25) is 0 Å². The van der Waals surface area contributed by atoms with Crippen LogP contribution in [0.5, 0.6) is 0 Å². The minimum atomic E-state index is -1.54. The zero-order chi connectivity index (χ0) is 38.6. The number of aliphatic hydroxyl groups excluding tert-OH is 4. The smallest absolute Gasteiger partial charge is 0.306 e. The van der Waals surface area contributed by atoms with E-state index in [9.17, 15) is 25.2 Å². The molecule has 0 saturated carbocycles. The molecule has 0 bridgehead atoms. The number of allylic oxidation sites excluding steroid dienone is 10. The normalized spacial score (nSPS) is 21.7. The van der Waals surface area contributed by atoms with Gasteiger partial charge in [-0.05, 0) is 70.6 Å². The number of carbonyl (C=O) groups excluding carboxylic acids is 1. The third-order valence-corrected chi connectivity index (χ3v) is 9.17. The molecule has 1 aliphatic rings. The van der Waals surface area contributed by atoms with E-state index in [-0.39, 0.29) is 19.2 Å².